The van der Waals surface area contributed by atoms with Crippen molar-refractivity contribution >= 4 is 5.97 Å². The van der Waals surface area contributed by atoms with E-state index in [1.807, 2.05) is 17.0 Å². The number of carbonyl (C=O) groups excluding carboxylic acids is 1. The molecule has 1 aliphatic carbocycles. The molecule has 3 heterocycles. The number of esters is 1. The molecule has 30 heavy (non-hydrogen) atoms. The molecule has 0 bridgehead atoms. The van der Waals surface area contributed by atoms with Gasteiger partial charge in [-0.25, -0.2) is 9.78 Å². The molecule has 8 heteroatoms. The molecule has 0 saturated heterocycles. The quantitative estimate of drug-likeness (QED) is 0.699. The zero-order chi connectivity index (χ0) is 21.1. The fraction of sp³-hybridized carbons (Fsp3) is 0.636. The van der Waals surface area contributed by atoms with Crippen LogP contribution in [0.15, 0.2) is 23.4 Å². The molecule has 2 aromatic heterocycles. The molecular formula is C22H31N5O3. The Labute approximate surface area is 176 Å². The number of aromatic nitrogens is 4. The Morgan fingerprint density at radius 2 is 1.87 bits per heavy atom. The molecule has 162 valence electrons. The standard InChI is InChI=1S/C22H31N5O3/c1-25-11-9-18-19(10-12-25)24-20(15-23-18)27-14-13-26(22(27)29)17-6-3-16(4-7-17)5-8-21(28)30-2/h13-17H,3-12H2,1-2H3/t16-,17-. The summed E-state index contributed by atoms with van der Waals surface area (Å²) in [5, 5.41) is 0. The number of hydrogen-bond donors (Lipinski definition) is 0. The maximum absolute atomic E-state index is 13.1. The van der Waals surface area contributed by atoms with Gasteiger partial charge in [0.05, 0.1) is 24.7 Å². The highest BCUT2D eigenvalue weighted by Crippen LogP contribution is 2.33. The first-order valence-corrected chi connectivity index (χ1v) is 10.9. The van der Waals surface area contributed by atoms with Gasteiger partial charge in [-0.1, -0.05) is 0 Å². The van der Waals surface area contributed by atoms with Crippen LogP contribution in [-0.4, -0.2) is 57.2 Å². The van der Waals surface area contributed by atoms with Gasteiger partial charge in [-0.15, -0.1) is 0 Å². The van der Waals surface area contributed by atoms with Crippen molar-refractivity contribution in [3.8, 4) is 5.82 Å². The van der Waals surface area contributed by atoms with Crippen LogP contribution in [0.5, 0.6) is 0 Å². The highest BCUT2D eigenvalue weighted by atomic mass is 16.5. The van der Waals surface area contributed by atoms with E-state index in [0.717, 1.165) is 69.4 Å². The second-order valence-electron chi connectivity index (χ2n) is 8.57. The molecule has 4 rings (SSSR count). The second kappa shape index (κ2) is 9.12. The van der Waals surface area contributed by atoms with Crippen LogP contribution in [-0.2, 0) is 22.4 Å². The molecule has 0 radical (unpaired) electrons. The fourth-order valence-electron chi connectivity index (χ4n) is 4.65. The zero-order valence-corrected chi connectivity index (χ0v) is 17.9. The van der Waals surface area contributed by atoms with Crippen LogP contribution in [0.1, 0.15) is 56.0 Å². The van der Waals surface area contributed by atoms with Crippen LogP contribution in [0.4, 0.5) is 0 Å². The summed E-state index contributed by atoms with van der Waals surface area (Å²) in [5.74, 6) is 0.999. The minimum Gasteiger partial charge on any atom is -0.469 e. The van der Waals surface area contributed by atoms with Crippen molar-refractivity contribution in [2.24, 2.45) is 5.92 Å². The average molecular weight is 414 g/mol. The highest BCUT2D eigenvalue weighted by Gasteiger charge is 2.25. The molecule has 0 N–H and O–H groups in total. The van der Waals surface area contributed by atoms with Crippen molar-refractivity contribution in [3.63, 3.8) is 0 Å². The van der Waals surface area contributed by atoms with Crippen LogP contribution in [0.2, 0.25) is 0 Å². The molecule has 0 atom stereocenters. The van der Waals surface area contributed by atoms with E-state index in [4.69, 9.17) is 9.72 Å². The summed E-state index contributed by atoms with van der Waals surface area (Å²) in [4.78, 5) is 36.1. The molecule has 0 unspecified atom stereocenters. The smallest absolute Gasteiger partial charge is 0.334 e. The Balaban J connectivity index is 1.44. The van der Waals surface area contributed by atoms with Crippen LogP contribution in [0, 0.1) is 5.92 Å². The molecule has 2 aliphatic rings. The summed E-state index contributed by atoms with van der Waals surface area (Å²) in [6.45, 7) is 1.94. The minimum atomic E-state index is -0.140. The lowest BCUT2D eigenvalue weighted by Gasteiger charge is -2.28. The van der Waals surface area contributed by atoms with Gasteiger partial charge in [0.15, 0.2) is 5.82 Å². The molecule has 1 aliphatic heterocycles. The number of imidazole rings is 1. The minimum absolute atomic E-state index is 0.0481. The molecule has 0 aromatic carbocycles. The Hall–Kier alpha value is -2.48. The number of carbonyl (C=O) groups is 1. The lowest BCUT2D eigenvalue weighted by molar-refractivity contribution is -0.141. The summed E-state index contributed by atoms with van der Waals surface area (Å²) >= 11 is 0. The first-order chi connectivity index (χ1) is 14.5. The molecule has 8 nitrogen and oxygen atoms in total. The number of hydrogen-bond acceptors (Lipinski definition) is 6. The van der Waals surface area contributed by atoms with Crippen molar-refractivity contribution in [2.45, 2.75) is 57.4 Å². The van der Waals surface area contributed by atoms with Crippen molar-refractivity contribution < 1.29 is 9.53 Å². The van der Waals surface area contributed by atoms with Gasteiger partial charge in [-0.2, -0.15) is 0 Å². The summed E-state index contributed by atoms with van der Waals surface area (Å²) < 4.78 is 8.20. The fourth-order valence-corrected chi connectivity index (χ4v) is 4.65. The van der Waals surface area contributed by atoms with Gasteiger partial charge in [0, 0.05) is 50.8 Å². The van der Waals surface area contributed by atoms with Gasteiger partial charge < -0.3 is 9.64 Å². The number of nitrogens with zero attached hydrogens (tertiary/aromatic N) is 5. The Kier molecular flexibility index (Phi) is 6.32. The van der Waals surface area contributed by atoms with E-state index in [-0.39, 0.29) is 17.7 Å². The molecular weight excluding hydrogens is 382 g/mol. The van der Waals surface area contributed by atoms with Crippen molar-refractivity contribution in [1.82, 2.24) is 24.0 Å². The highest BCUT2D eigenvalue weighted by molar-refractivity contribution is 5.69. The first kappa shape index (κ1) is 20.8. The van der Waals surface area contributed by atoms with Gasteiger partial charge in [-0.3, -0.25) is 18.9 Å². The number of likely N-dealkylation sites (N-methyl/N-ethyl adjacent to an activating group) is 1. The maximum atomic E-state index is 13.1. The van der Waals surface area contributed by atoms with Crippen molar-refractivity contribution in [2.75, 3.05) is 27.2 Å². The summed E-state index contributed by atoms with van der Waals surface area (Å²) in [6.07, 6.45) is 12.5. The summed E-state index contributed by atoms with van der Waals surface area (Å²) in [5.41, 5.74) is 2.00. The maximum Gasteiger partial charge on any atom is 0.334 e. The monoisotopic (exact) mass is 413 g/mol. The van der Waals surface area contributed by atoms with Gasteiger partial charge in [0.2, 0.25) is 0 Å². The van der Waals surface area contributed by atoms with E-state index in [2.05, 4.69) is 16.9 Å². The van der Waals surface area contributed by atoms with Gasteiger partial charge in [0.25, 0.3) is 0 Å². The second-order valence-corrected chi connectivity index (χ2v) is 8.57. The largest absolute Gasteiger partial charge is 0.469 e. The lowest BCUT2D eigenvalue weighted by atomic mass is 9.83. The molecule has 0 amide bonds. The summed E-state index contributed by atoms with van der Waals surface area (Å²) in [6, 6.07) is 0.204. The van der Waals surface area contributed by atoms with E-state index in [0.29, 0.717) is 18.2 Å². The summed E-state index contributed by atoms with van der Waals surface area (Å²) in [7, 11) is 3.55. The van der Waals surface area contributed by atoms with Crippen LogP contribution in [0.25, 0.3) is 5.82 Å². The predicted molar refractivity (Wildman–Crippen MR) is 113 cm³/mol. The van der Waals surface area contributed by atoms with Crippen LogP contribution < -0.4 is 5.69 Å². The SMILES string of the molecule is COC(=O)CC[C@H]1CC[C@H](n2ccn(-c3cnc4c(n3)CCN(C)CC4)c2=O)CC1. The van der Waals surface area contributed by atoms with E-state index < -0.39 is 0 Å². The molecule has 0 spiro atoms. The molecule has 1 saturated carbocycles. The predicted octanol–water partition coefficient (Wildman–Crippen LogP) is 2.14. The molecule has 2 aromatic rings. The third-order valence-corrected chi connectivity index (χ3v) is 6.62. The first-order valence-electron chi connectivity index (χ1n) is 10.9. The zero-order valence-electron chi connectivity index (χ0n) is 17.9. The van der Waals surface area contributed by atoms with Crippen LogP contribution >= 0.6 is 0 Å². The van der Waals surface area contributed by atoms with Crippen molar-refractivity contribution in [3.05, 3.63) is 40.5 Å². The van der Waals surface area contributed by atoms with E-state index in [9.17, 15) is 9.59 Å². The number of methoxy groups -OCH3 is 1. The number of ether oxygens (including phenoxy) is 1. The third kappa shape index (κ3) is 4.48. The Morgan fingerprint density at radius 1 is 1.13 bits per heavy atom. The van der Waals surface area contributed by atoms with E-state index in [1.165, 1.54) is 7.11 Å². The van der Waals surface area contributed by atoms with E-state index in [1.54, 1.807) is 10.8 Å². The Morgan fingerprint density at radius 3 is 2.60 bits per heavy atom. The van der Waals surface area contributed by atoms with Gasteiger partial charge in [-0.05, 0) is 45.1 Å². The normalized spacial score (nSPS) is 22.3. The molecule has 1 fully saturated rings. The number of fused-ring (bicyclic) bond motifs is 1. The van der Waals surface area contributed by atoms with E-state index >= 15 is 0 Å². The Bertz CT molecular complexity index is 942. The van der Waals surface area contributed by atoms with Gasteiger partial charge in [0.1, 0.15) is 0 Å². The van der Waals surface area contributed by atoms with Gasteiger partial charge >= 0.3 is 11.7 Å². The van der Waals surface area contributed by atoms with Crippen LogP contribution in [0.3, 0.4) is 0 Å². The lowest BCUT2D eigenvalue weighted by Crippen LogP contribution is -2.29. The third-order valence-electron chi connectivity index (χ3n) is 6.62. The topological polar surface area (TPSA) is 82.2 Å². The average Bonchev–Trinajstić information content (AvgIpc) is 3.05. The van der Waals surface area contributed by atoms with Crippen molar-refractivity contribution in [1.29, 1.82) is 0 Å². The number of rotatable bonds is 5.